The van der Waals surface area contributed by atoms with E-state index >= 15 is 0 Å². The number of halogens is 1. The first kappa shape index (κ1) is 13.0. The standard InChI is InChI=1S/C15H13FN2OS/c16-11-4-6-13(7-5-11)18-14(19)9-20-15(18)10-2-1-3-12(17)8-10/h1-8,15H,9,17H2. The van der Waals surface area contributed by atoms with Gasteiger partial charge in [0.05, 0.1) is 5.75 Å². The Balaban J connectivity index is 1.98. The van der Waals surface area contributed by atoms with E-state index in [-0.39, 0.29) is 17.1 Å². The van der Waals surface area contributed by atoms with Crippen LogP contribution in [0.4, 0.5) is 15.8 Å². The summed E-state index contributed by atoms with van der Waals surface area (Å²) in [5.41, 5.74) is 8.15. The summed E-state index contributed by atoms with van der Waals surface area (Å²) in [5, 5.41) is -0.114. The number of anilines is 2. The lowest BCUT2D eigenvalue weighted by atomic mass is 10.1. The Kier molecular flexibility index (Phi) is 3.36. The van der Waals surface area contributed by atoms with Crippen molar-refractivity contribution >= 4 is 29.0 Å². The number of benzene rings is 2. The molecule has 102 valence electrons. The van der Waals surface area contributed by atoms with Crippen molar-refractivity contribution in [3.63, 3.8) is 0 Å². The van der Waals surface area contributed by atoms with Crippen LogP contribution in [0.25, 0.3) is 0 Å². The fourth-order valence-electron chi connectivity index (χ4n) is 2.26. The molecule has 3 rings (SSSR count). The Morgan fingerprint density at radius 3 is 2.65 bits per heavy atom. The second-order valence-corrected chi connectivity index (χ2v) is 5.64. The minimum absolute atomic E-state index is 0.0223. The molecule has 0 bridgehead atoms. The summed E-state index contributed by atoms with van der Waals surface area (Å²) in [5.74, 6) is 0.124. The van der Waals surface area contributed by atoms with E-state index in [1.54, 1.807) is 28.8 Å². The minimum Gasteiger partial charge on any atom is -0.399 e. The molecule has 1 heterocycles. The van der Waals surface area contributed by atoms with Crippen LogP contribution in [0.1, 0.15) is 10.9 Å². The first-order valence-corrected chi connectivity index (χ1v) is 7.25. The first-order chi connectivity index (χ1) is 9.65. The van der Waals surface area contributed by atoms with Crippen molar-refractivity contribution in [2.75, 3.05) is 16.4 Å². The number of nitrogen functional groups attached to an aromatic ring is 1. The number of thioether (sulfide) groups is 1. The van der Waals surface area contributed by atoms with Crippen LogP contribution in [-0.4, -0.2) is 11.7 Å². The molecule has 3 nitrogen and oxygen atoms in total. The average Bonchev–Trinajstić information content (AvgIpc) is 2.82. The Labute approximate surface area is 120 Å². The predicted octanol–water partition coefficient (Wildman–Crippen LogP) is 3.19. The maximum absolute atomic E-state index is 13.0. The smallest absolute Gasteiger partial charge is 0.238 e. The van der Waals surface area contributed by atoms with Crippen molar-refractivity contribution in [3.05, 3.63) is 59.9 Å². The Morgan fingerprint density at radius 1 is 1.20 bits per heavy atom. The summed E-state index contributed by atoms with van der Waals surface area (Å²) in [6.07, 6.45) is 0. The van der Waals surface area contributed by atoms with Crippen molar-refractivity contribution in [2.24, 2.45) is 0 Å². The molecular formula is C15H13FN2OS. The number of hydrogen-bond donors (Lipinski definition) is 1. The number of hydrogen-bond acceptors (Lipinski definition) is 3. The summed E-state index contributed by atoms with van der Waals surface area (Å²) >= 11 is 1.55. The van der Waals surface area contributed by atoms with Gasteiger partial charge in [-0.25, -0.2) is 4.39 Å². The molecular weight excluding hydrogens is 275 g/mol. The second-order valence-electron chi connectivity index (χ2n) is 4.57. The van der Waals surface area contributed by atoms with Gasteiger partial charge >= 0.3 is 0 Å². The van der Waals surface area contributed by atoms with Crippen LogP contribution in [0.2, 0.25) is 0 Å². The average molecular weight is 288 g/mol. The quantitative estimate of drug-likeness (QED) is 0.863. The third-order valence-electron chi connectivity index (χ3n) is 3.17. The van der Waals surface area contributed by atoms with Gasteiger partial charge in [-0.1, -0.05) is 12.1 Å². The molecule has 0 spiro atoms. The highest BCUT2D eigenvalue weighted by Crippen LogP contribution is 2.41. The van der Waals surface area contributed by atoms with Gasteiger partial charge in [0.2, 0.25) is 5.91 Å². The van der Waals surface area contributed by atoms with Gasteiger partial charge in [0.1, 0.15) is 11.2 Å². The molecule has 0 aliphatic carbocycles. The predicted molar refractivity (Wildman–Crippen MR) is 79.9 cm³/mol. The molecule has 0 saturated carbocycles. The molecule has 2 N–H and O–H groups in total. The second kappa shape index (κ2) is 5.17. The van der Waals surface area contributed by atoms with E-state index in [9.17, 15) is 9.18 Å². The molecule has 1 saturated heterocycles. The SMILES string of the molecule is Nc1cccc(C2SCC(=O)N2c2ccc(F)cc2)c1. The first-order valence-electron chi connectivity index (χ1n) is 6.20. The topological polar surface area (TPSA) is 46.3 Å². The highest BCUT2D eigenvalue weighted by Gasteiger charge is 2.33. The molecule has 1 amide bonds. The Hall–Kier alpha value is -2.01. The molecule has 20 heavy (non-hydrogen) atoms. The highest BCUT2D eigenvalue weighted by atomic mass is 32.2. The zero-order chi connectivity index (χ0) is 14.1. The van der Waals surface area contributed by atoms with E-state index in [1.165, 1.54) is 12.1 Å². The van der Waals surface area contributed by atoms with Gasteiger partial charge in [-0.3, -0.25) is 9.69 Å². The lowest BCUT2D eigenvalue weighted by molar-refractivity contribution is -0.115. The molecule has 1 fully saturated rings. The van der Waals surface area contributed by atoms with Crippen LogP contribution >= 0.6 is 11.8 Å². The molecule has 0 aromatic heterocycles. The van der Waals surface area contributed by atoms with Crippen LogP contribution in [0.15, 0.2) is 48.5 Å². The number of nitrogens with two attached hydrogens (primary N) is 1. The minimum atomic E-state index is -0.312. The number of carbonyl (C=O) groups is 1. The number of carbonyl (C=O) groups excluding carboxylic acids is 1. The van der Waals surface area contributed by atoms with E-state index in [2.05, 4.69) is 0 Å². The largest absolute Gasteiger partial charge is 0.399 e. The third kappa shape index (κ3) is 2.36. The van der Waals surface area contributed by atoms with E-state index in [1.807, 2.05) is 24.3 Å². The van der Waals surface area contributed by atoms with Crippen molar-refractivity contribution in [3.8, 4) is 0 Å². The van der Waals surface area contributed by atoms with Gasteiger partial charge in [-0.05, 0) is 42.0 Å². The van der Waals surface area contributed by atoms with Crippen LogP contribution in [0.5, 0.6) is 0 Å². The number of nitrogens with zero attached hydrogens (tertiary/aromatic N) is 1. The van der Waals surface area contributed by atoms with Gasteiger partial charge in [-0.2, -0.15) is 0 Å². The molecule has 1 unspecified atom stereocenters. The number of amides is 1. The Morgan fingerprint density at radius 2 is 1.95 bits per heavy atom. The maximum atomic E-state index is 13.0. The monoisotopic (exact) mass is 288 g/mol. The summed E-state index contributed by atoms with van der Waals surface area (Å²) in [4.78, 5) is 13.8. The van der Waals surface area contributed by atoms with Crippen LogP contribution in [0.3, 0.4) is 0 Å². The van der Waals surface area contributed by atoms with Crippen molar-refractivity contribution < 1.29 is 9.18 Å². The molecule has 2 aromatic rings. The molecule has 0 radical (unpaired) electrons. The van der Waals surface area contributed by atoms with E-state index in [0.717, 1.165) is 5.56 Å². The Bertz CT molecular complexity index is 645. The summed E-state index contributed by atoms with van der Waals surface area (Å²) in [7, 11) is 0. The normalized spacial score (nSPS) is 18.6. The van der Waals surface area contributed by atoms with Crippen molar-refractivity contribution in [1.82, 2.24) is 0 Å². The third-order valence-corrected chi connectivity index (χ3v) is 4.38. The number of rotatable bonds is 2. The van der Waals surface area contributed by atoms with Crippen molar-refractivity contribution in [1.29, 1.82) is 0 Å². The molecule has 1 atom stereocenters. The van der Waals surface area contributed by atoms with Gasteiger partial charge in [-0.15, -0.1) is 11.8 Å². The summed E-state index contributed by atoms with van der Waals surface area (Å²) in [6, 6.07) is 13.5. The van der Waals surface area contributed by atoms with Gasteiger partial charge in [0, 0.05) is 11.4 Å². The van der Waals surface area contributed by atoms with E-state index in [4.69, 9.17) is 5.73 Å². The molecule has 1 aliphatic heterocycles. The van der Waals surface area contributed by atoms with Crippen LogP contribution in [0, 0.1) is 5.82 Å². The zero-order valence-corrected chi connectivity index (χ0v) is 11.4. The fraction of sp³-hybridized carbons (Fsp3) is 0.133. The van der Waals surface area contributed by atoms with E-state index in [0.29, 0.717) is 17.1 Å². The lowest BCUT2D eigenvalue weighted by Crippen LogP contribution is -2.27. The highest BCUT2D eigenvalue weighted by molar-refractivity contribution is 8.00. The molecule has 1 aliphatic rings. The van der Waals surface area contributed by atoms with Gasteiger partial charge in [0.25, 0.3) is 0 Å². The van der Waals surface area contributed by atoms with Gasteiger partial charge in [0.15, 0.2) is 0 Å². The summed E-state index contributed by atoms with van der Waals surface area (Å²) < 4.78 is 13.0. The zero-order valence-electron chi connectivity index (χ0n) is 10.6. The summed E-state index contributed by atoms with van der Waals surface area (Å²) in [6.45, 7) is 0. The molecule has 2 aromatic carbocycles. The fourth-order valence-corrected chi connectivity index (χ4v) is 3.43. The lowest BCUT2D eigenvalue weighted by Gasteiger charge is -2.24. The maximum Gasteiger partial charge on any atom is 0.238 e. The van der Waals surface area contributed by atoms with Crippen LogP contribution in [-0.2, 0) is 4.79 Å². The van der Waals surface area contributed by atoms with Gasteiger partial charge < -0.3 is 5.73 Å². The van der Waals surface area contributed by atoms with Crippen LogP contribution < -0.4 is 10.6 Å². The van der Waals surface area contributed by atoms with E-state index < -0.39 is 0 Å². The van der Waals surface area contributed by atoms with Crippen molar-refractivity contribution in [2.45, 2.75) is 5.37 Å². The molecule has 5 heteroatoms.